The van der Waals surface area contributed by atoms with Gasteiger partial charge in [-0.05, 0) is 40.6 Å². The minimum absolute atomic E-state index is 0.0859. The summed E-state index contributed by atoms with van der Waals surface area (Å²) >= 11 is 0. The molecule has 5 N–H and O–H groups in total. The van der Waals surface area contributed by atoms with Crippen LogP contribution >= 0.6 is 0 Å². The summed E-state index contributed by atoms with van der Waals surface area (Å²) < 4.78 is 6.07. The zero-order chi connectivity index (χ0) is 20.8. The lowest BCUT2D eigenvalue weighted by molar-refractivity contribution is 0.475. The molecule has 5 aromatic rings. The molecule has 3 aromatic carbocycles. The van der Waals surface area contributed by atoms with Gasteiger partial charge in [-0.3, -0.25) is 0 Å². The zero-order valence-electron chi connectivity index (χ0n) is 15.8. The third-order valence-electron chi connectivity index (χ3n) is 5.19. The summed E-state index contributed by atoms with van der Waals surface area (Å²) in [6.45, 7) is 0. The predicted molar refractivity (Wildman–Crippen MR) is 118 cm³/mol. The Labute approximate surface area is 171 Å². The zero-order valence-corrected chi connectivity index (χ0v) is 15.8. The smallest absolute Gasteiger partial charge is 0.176 e. The van der Waals surface area contributed by atoms with Crippen molar-refractivity contribution >= 4 is 33.2 Å². The van der Waals surface area contributed by atoms with Crippen molar-refractivity contribution in [2.75, 3.05) is 11.5 Å². The minimum Gasteiger partial charge on any atom is -0.508 e. The van der Waals surface area contributed by atoms with Crippen LogP contribution in [-0.2, 0) is 0 Å². The number of nitrogens with zero attached hydrogens (tertiary/aromatic N) is 2. The summed E-state index contributed by atoms with van der Waals surface area (Å²) in [6, 6.07) is 22.2. The van der Waals surface area contributed by atoms with Crippen LogP contribution < -0.4 is 11.5 Å². The molecule has 0 amide bonds. The lowest BCUT2D eigenvalue weighted by Gasteiger charge is -2.09. The van der Waals surface area contributed by atoms with Crippen molar-refractivity contribution in [1.29, 1.82) is 5.26 Å². The highest BCUT2D eigenvalue weighted by Crippen LogP contribution is 2.41. The van der Waals surface area contributed by atoms with Crippen molar-refractivity contribution in [3.05, 3.63) is 72.3 Å². The van der Waals surface area contributed by atoms with E-state index >= 15 is 0 Å². The largest absolute Gasteiger partial charge is 0.508 e. The first-order valence-corrected chi connectivity index (χ1v) is 9.27. The van der Waals surface area contributed by atoms with Crippen LogP contribution in [0.3, 0.4) is 0 Å². The van der Waals surface area contributed by atoms with Crippen molar-refractivity contribution in [3.8, 4) is 34.4 Å². The number of nitrogens with two attached hydrogens (primary N) is 2. The van der Waals surface area contributed by atoms with E-state index in [4.69, 9.17) is 15.9 Å². The number of hydrogen-bond donors (Lipinski definition) is 3. The van der Waals surface area contributed by atoms with Gasteiger partial charge in [-0.15, -0.1) is 0 Å². The van der Waals surface area contributed by atoms with Gasteiger partial charge >= 0.3 is 0 Å². The first kappa shape index (κ1) is 17.6. The first-order valence-electron chi connectivity index (χ1n) is 9.27. The van der Waals surface area contributed by atoms with Gasteiger partial charge in [0.05, 0.1) is 11.1 Å². The van der Waals surface area contributed by atoms with E-state index in [9.17, 15) is 10.4 Å². The van der Waals surface area contributed by atoms with E-state index in [1.165, 1.54) is 0 Å². The number of aromatic hydroxyl groups is 1. The molecule has 5 rings (SSSR count). The molecule has 30 heavy (non-hydrogen) atoms. The van der Waals surface area contributed by atoms with Crippen molar-refractivity contribution in [2.45, 2.75) is 0 Å². The number of anilines is 2. The van der Waals surface area contributed by atoms with Crippen LogP contribution in [0.25, 0.3) is 44.3 Å². The second-order valence-electron chi connectivity index (χ2n) is 6.98. The molecule has 0 saturated heterocycles. The number of hydrogen-bond acceptors (Lipinski definition) is 6. The number of furan rings is 1. The fourth-order valence-corrected chi connectivity index (χ4v) is 3.75. The van der Waals surface area contributed by atoms with E-state index < -0.39 is 0 Å². The third-order valence-corrected chi connectivity index (χ3v) is 5.19. The van der Waals surface area contributed by atoms with Gasteiger partial charge in [0.15, 0.2) is 5.76 Å². The number of phenolic OH excluding ortho intramolecular Hbond substituents is 1. The molecular weight excluding hydrogens is 376 g/mol. The molecule has 0 aliphatic rings. The molecule has 0 atom stereocenters. The van der Waals surface area contributed by atoms with Gasteiger partial charge in [0, 0.05) is 5.56 Å². The van der Waals surface area contributed by atoms with E-state index in [1.807, 2.05) is 36.4 Å². The molecule has 0 unspecified atom stereocenters. The van der Waals surface area contributed by atoms with Crippen LogP contribution in [0.2, 0.25) is 0 Å². The summed E-state index contributed by atoms with van der Waals surface area (Å²) in [6.07, 6.45) is 0. The van der Waals surface area contributed by atoms with Gasteiger partial charge in [0.1, 0.15) is 34.5 Å². The molecule has 0 aliphatic heterocycles. The Morgan fingerprint density at radius 1 is 0.967 bits per heavy atom. The van der Waals surface area contributed by atoms with Gasteiger partial charge < -0.3 is 21.0 Å². The van der Waals surface area contributed by atoms with Crippen LogP contribution in [0.15, 0.2) is 71.1 Å². The van der Waals surface area contributed by atoms with Crippen LogP contribution in [0.1, 0.15) is 5.56 Å². The van der Waals surface area contributed by atoms with Crippen molar-refractivity contribution in [3.63, 3.8) is 0 Å². The summed E-state index contributed by atoms with van der Waals surface area (Å²) in [4.78, 5) is 4.39. The highest BCUT2D eigenvalue weighted by atomic mass is 16.3. The number of aromatic nitrogens is 1. The molecule has 0 aliphatic carbocycles. The number of rotatable bonds is 2. The van der Waals surface area contributed by atoms with Gasteiger partial charge in [-0.2, -0.15) is 5.26 Å². The topological polar surface area (TPSA) is 122 Å². The second kappa shape index (κ2) is 6.54. The molecule has 144 valence electrons. The molecule has 0 bridgehead atoms. The number of pyridine rings is 1. The molecular formula is C24H16N4O2. The minimum atomic E-state index is 0.0859. The Hall–Kier alpha value is -4.50. The Balaban J connectivity index is 1.78. The fourth-order valence-electron chi connectivity index (χ4n) is 3.75. The van der Waals surface area contributed by atoms with Crippen molar-refractivity contribution in [2.24, 2.45) is 0 Å². The Morgan fingerprint density at radius 2 is 1.73 bits per heavy atom. The maximum absolute atomic E-state index is 9.60. The lowest BCUT2D eigenvalue weighted by Crippen LogP contribution is -2.00. The SMILES string of the molecule is N#Cc1c(-c2ccc(O)cc2)cc(-c2oc3ccc4ccccc4c3c2N)nc1N. The molecule has 2 aromatic heterocycles. The average molecular weight is 392 g/mol. The van der Waals surface area contributed by atoms with E-state index in [0.29, 0.717) is 28.3 Å². The number of phenols is 1. The van der Waals surface area contributed by atoms with Gasteiger partial charge in [-0.25, -0.2) is 4.98 Å². The predicted octanol–water partition coefficient (Wildman–Crippen LogP) is 5.06. The normalized spacial score (nSPS) is 11.0. The van der Waals surface area contributed by atoms with Crippen LogP contribution in [-0.4, -0.2) is 10.1 Å². The Bertz CT molecular complexity index is 1480. The molecule has 6 heteroatoms. The number of nitrogen functional groups attached to an aromatic ring is 2. The number of nitriles is 1. The molecule has 0 fully saturated rings. The van der Waals surface area contributed by atoms with Gasteiger partial charge in [0.2, 0.25) is 0 Å². The monoisotopic (exact) mass is 392 g/mol. The summed E-state index contributed by atoms with van der Waals surface area (Å²) in [5.41, 5.74) is 15.7. The molecule has 2 heterocycles. The average Bonchev–Trinajstić information content (AvgIpc) is 3.11. The quantitative estimate of drug-likeness (QED) is 0.386. The Morgan fingerprint density at radius 3 is 2.50 bits per heavy atom. The molecule has 0 saturated carbocycles. The highest BCUT2D eigenvalue weighted by molar-refractivity contribution is 6.14. The maximum atomic E-state index is 9.60. The maximum Gasteiger partial charge on any atom is 0.176 e. The molecule has 0 radical (unpaired) electrons. The number of benzene rings is 3. The molecule has 6 nitrogen and oxygen atoms in total. The van der Waals surface area contributed by atoms with Crippen molar-refractivity contribution in [1.82, 2.24) is 4.98 Å². The standard InChI is InChI=1S/C24H16N4O2/c25-12-18-17(14-5-8-15(29)9-6-14)11-19(28-24(18)27)23-22(26)21-16-4-2-1-3-13(16)7-10-20(21)30-23/h1-11,29H,26H2,(H2,27,28). The van der Waals surface area contributed by atoms with E-state index in [2.05, 4.69) is 11.1 Å². The Kier molecular flexibility index (Phi) is 3.83. The first-order chi connectivity index (χ1) is 14.6. The third kappa shape index (κ3) is 2.61. The van der Waals surface area contributed by atoms with Gasteiger partial charge in [0.25, 0.3) is 0 Å². The van der Waals surface area contributed by atoms with Crippen molar-refractivity contribution < 1.29 is 9.52 Å². The summed E-state index contributed by atoms with van der Waals surface area (Å²) in [7, 11) is 0. The molecule has 0 spiro atoms. The van der Waals surface area contributed by atoms with E-state index in [-0.39, 0.29) is 17.1 Å². The van der Waals surface area contributed by atoms with E-state index in [0.717, 1.165) is 21.7 Å². The van der Waals surface area contributed by atoms with Crippen LogP contribution in [0.5, 0.6) is 5.75 Å². The fraction of sp³-hybridized carbons (Fsp3) is 0. The van der Waals surface area contributed by atoms with Gasteiger partial charge in [-0.1, -0.05) is 42.5 Å². The van der Waals surface area contributed by atoms with E-state index in [1.54, 1.807) is 30.3 Å². The summed E-state index contributed by atoms with van der Waals surface area (Å²) in [5, 5.41) is 22.0. The summed E-state index contributed by atoms with van der Waals surface area (Å²) in [5.74, 6) is 0.619. The number of fused-ring (bicyclic) bond motifs is 3. The lowest BCUT2D eigenvalue weighted by atomic mass is 9.99. The van der Waals surface area contributed by atoms with Crippen LogP contribution in [0.4, 0.5) is 11.5 Å². The second-order valence-corrected chi connectivity index (χ2v) is 6.98. The van der Waals surface area contributed by atoms with Crippen LogP contribution in [0, 0.1) is 11.3 Å². The highest BCUT2D eigenvalue weighted by Gasteiger charge is 2.20.